The average molecular weight is 300 g/mol. The lowest BCUT2D eigenvalue weighted by molar-refractivity contribution is 0.0133. The van der Waals surface area contributed by atoms with Gasteiger partial charge >= 0.3 is 0 Å². The SMILES string of the molecule is CNCCOCCOCCOCCn1nncc1C(C)C. The number of aromatic nitrogens is 3. The molecule has 0 unspecified atom stereocenters. The van der Waals surface area contributed by atoms with Gasteiger partial charge in [-0.2, -0.15) is 0 Å². The maximum atomic E-state index is 5.52. The number of hydrogen-bond acceptors (Lipinski definition) is 6. The van der Waals surface area contributed by atoms with Crippen LogP contribution in [-0.2, 0) is 20.8 Å². The molecular weight excluding hydrogens is 272 g/mol. The zero-order chi connectivity index (χ0) is 15.3. The van der Waals surface area contributed by atoms with Gasteiger partial charge in [0, 0.05) is 6.54 Å². The van der Waals surface area contributed by atoms with Crippen molar-refractivity contribution in [1.29, 1.82) is 0 Å². The molecule has 0 aliphatic rings. The molecule has 0 spiro atoms. The Morgan fingerprint density at radius 2 is 1.67 bits per heavy atom. The van der Waals surface area contributed by atoms with Crippen molar-refractivity contribution in [3.8, 4) is 0 Å². The lowest BCUT2D eigenvalue weighted by Crippen LogP contribution is -2.17. The summed E-state index contributed by atoms with van der Waals surface area (Å²) >= 11 is 0. The van der Waals surface area contributed by atoms with E-state index in [9.17, 15) is 0 Å². The topological polar surface area (TPSA) is 70.4 Å². The van der Waals surface area contributed by atoms with Crippen LogP contribution in [0, 0.1) is 0 Å². The summed E-state index contributed by atoms with van der Waals surface area (Å²) in [4.78, 5) is 0. The fourth-order valence-electron chi connectivity index (χ4n) is 1.75. The summed E-state index contributed by atoms with van der Waals surface area (Å²) in [6.45, 7) is 9.57. The molecule has 1 rings (SSSR count). The van der Waals surface area contributed by atoms with Gasteiger partial charge in [-0.25, -0.2) is 4.68 Å². The smallest absolute Gasteiger partial charge is 0.0727 e. The summed E-state index contributed by atoms with van der Waals surface area (Å²) in [5.74, 6) is 0.422. The summed E-state index contributed by atoms with van der Waals surface area (Å²) < 4.78 is 18.2. The molecule has 0 aromatic carbocycles. The largest absolute Gasteiger partial charge is 0.378 e. The van der Waals surface area contributed by atoms with Gasteiger partial charge in [-0.15, -0.1) is 5.10 Å². The first-order chi connectivity index (χ1) is 10.3. The normalized spacial score (nSPS) is 11.4. The number of ether oxygens (including phenoxy) is 3. The van der Waals surface area contributed by atoms with Crippen LogP contribution in [0.5, 0.6) is 0 Å². The summed E-state index contributed by atoms with van der Waals surface area (Å²) in [5.41, 5.74) is 1.13. The molecule has 1 aromatic heterocycles. The average Bonchev–Trinajstić information content (AvgIpc) is 2.93. The first-order valence-electron chi connectivity index (χ1n) is 7.52. The predicted molar refractivity (Wildman–Crippen MR) is 80.5 cm³/mol. The molecule has 0 radical (unpaired) electrons. The summed E-state index contributed by atoms with van der Waals surface area (Å²) in [6, 6.07) is 0. The maximum Gasteiger partial charge on any atom is 0.0727 e. The number of rotatable bonds is 13. The lowest BCUT2D eigenvalue weighted by Gasteiger charge is -2.09. The van der Waals surface area contributed by atoms with Gasteiger partial charge in [0.05, 0.1) is 58.1 Å². The van der Waals surface area contributed by atoms with Crippen LogP contribution in [-0.4, -0.2) is 68.2 Å². The molecule has 1 heterocycles. The Labute approximate surface area is 126 Å². The van der Waals surface area contributed by atoms with Crippen molar-refractivity contribution in [1.82, 2.24) is 20.3 Å². The van der Waals surface area contributed by atoms with Crippen LogP contribution in [0.25, 0.3) is 0 Å². The Morgan fingerprint density at radius 3 is 2.29 bits per heavy atom. The van der Waals surface area contributed by atoms with Gasteiger partial charge in [-0.3, -0.25) is 0 Å². The van der Waals surface area contributed by atoms with Gasteiger partial charge in [0.1, 0.15) is 0 Å². The summed E-state index contributed by atoms with van der Waals surface area (Å²) in [7, 11) is 1.90. The summed E-state index contributed by atoms with van der Waals surface area (Å²) in [5, 5.41) is 11.0. The van der Waals surface area contributed by atoms with E-state index in [1.165, 1.54) is 0 Å². The van der Waals surface area contributed by atoms with E-state index in [0.29, 0.717) is 45.6 Å². The van der Waals surface area contributed by atoms with Crippen molar-refractivity contribution in [2.75, 3.05) is 53.2 Å². The van der Waals surface area contributed by atoms with Crippen LogP contribution in [0.4, 0.5) is 0 Å². The molecule has 0 saturated carbocycles. The van der Waals surface area contributed by atoms with Crippen molar-refractivity contribution < 1.29 is 14.2 Å². The predicted octanol–water partition coefficient (Wildman–Crippen LogP) is 0.671. The molecule has 0 amide bonds. The molecule has 1 N–H and O–H groups in total. The Balaban J connectivity index is 1.92. The first-order valence-corrected chi connectivity index (χ1v) is 7.52. The molecule has 0 atom stereocenters. The van der Waals surface area contributed by atoms with Crippen LogP contribution < -0.4 is 5.32 Å². The van der Waals surface area contributed by atoms with E-state index in [1.807, 2.05) is 17.9 Å². The minimum absolute atomic E-state index is 0.422. The standard InChI is InChI=1S/C14H28N4O3/c1-13(2)14-12-16-17-18(14)5-7-20-9-11-21-10-8-19-6-4-15-3/h12-13,15H,4-11H2,1-3H3. The third kappa shape index (κ3) is 8.11. The third-order valence-electron chi connectivity index (χ3n) is 2.93. The number of nitrogens with one attached hydrogen (secondary N) is 1. The van der Waals surface area contributed by atoms with E-state index in [-0.39, 0.29) is 0 Å². The van der Waals surface area contributed by atoms with E-state index in [0.717, 1.165) is 18.8 Å². The maximum absolute atomic E-state index is 5.52. The van der Waals surface area contributed by atoms with Crippen molar-refractivity contribution >= 4 is 0 Å². The second-order valence-corrected chi connectivity index (χ2v) is 4.98. The second kappa shape index (κ2) is 11.6. The highest BCUT2D eigenvalue weighted by Crippen LogP contribution is 2.11. The molecule has 7 heteroatoms. The highest BCUT2D eigenvalue weighted by atomic mass is 16.5. The van der Waals surface area contributed by atoms with Crippen molar-refractivity contribution in [2.45, 2.75) is 26.3 Å². The zero-order valence-corrected chi connectivity index (χ0v) is 13.4. The molecule has 21 heavy (non-hydrogen) atoms. The van der Waals surface area contributed by atoms with Crippen LogP contribution in [0.15, 0.2) is 6.20 Å². The van der Waals surface area contributed by atoms with Crippen molar-refractivity contribution in [3.63, 3.8) is 0 Å². The van der Waals surface area contributed by atoms with Crippen molar-refractivity contribution in [2.24, 2.45) is 0 Å². The third-order valence-corrected chi connectivity index (χ3v) is 2.93. The Morgan fingerprint density at radius 1 is 1.05 bits per heavy atom. The lowest BCUT2D eigenvalue weighted by atomic mass is 10.1. The highest BCUT2D eigenvalue weighted by molar-refractivity contribution is 4.99. The van der Waals surface area contributed by atoms with E-state index >= 15 is 0 Å². The minimum atomic E-state index is 0.422. The van der Waals surface area contributed by atoms with Crippen molar-refractivity contribution in [3.05, 3.63) is 11.9 Å². The van der Waals surface area contributed by atoms with E-state index in [4.69, 9.17) is 14.2 Å². The molecule has 0 aliphatic carbocycles. The van der Waals surface area contributed by atoms with Gasteiger partial charge in [0.15, 0.2) is 0 Å². The Kier molecular flexibility index (Phi) is 9.98. The van der Waals surface area contributed by atoms with Gasteiger partial charge in [-0.05, 0) is 13.0 Å². The van der Waals surface area contributed by atoms with Gasteiger partial charge in [0.2, 0.25) is 0 Å². The van der Waals surface area contributed by atoms with Crippen LogP contribution >= 0.6 is 0 Å². The summed E-state index contributed by atoms with van der Waals surface area (Å²) in [6.07, 6.45) is 1.81. The second-order valence-electron chi connectivity index (χ2n) is 4.98. The molecule has 0 fully saturated rings. The number of hydrogen-bond donors (Lipinski definition) is 1. The van der Waals surface area contributed by atoms with Crippen LogP contribution in [0.1, 0.15) is 25.5 Å². The monoisotopic (exact) mass is 300 g/mol. The van der Waals surface area contributed by atoms with E-state index < -0.39 is 0 Å². The van der Waals surface area contributed by atoms with E-state index in [1.54, 1.807) is 0 Å². The first kappa shape index (κ1) is 18.0. The Bertz CT molecular complexity index is 358. The number of likely N-dealkylation sites (N-methyl/N-ethyl adjacent to an activating group) is 1. The highest BCUT2D eigenvalue weighted by Gasteiger charge is 2.07. The molecule has 0 bridgehead atoms. The number of nitrogens with zero attached hydrogens (tertiary/aromatic N) is 3. The molecule has 0 aliphatic heterocycles. The van der Waals surface area contributed by atoms with Gasteiger partial charge in [-0.1, -0.05) is 19.1 Å². The fourth-order valence-corrected chi connectivity index (χ4v) is 1.75. The molecule has 0 saturated heterocycles. The van der Waals surface area contributed by atoms with Gasteiger partial charge < -0.3 is 19.5 Å². The Hall–Kier alpha value is -1.02. The van der Waals surface area contributed by atoms with Crippen LogP contribution in [0.2, 0.25) is 0 Å². The molecular formula is C14H28N4O3. The van der Waals surface area contributed by atoms with Gasteiger partial charge in [0.25, 0.3) is 0 Å². The molecule has 122 valence electrons. The van der Waals surface area contributed by atoms with Crippen LogP contribution in [0.3, 0.4) is 0 Å². The quantitative estimate of drug-likeness (QED) is 0.540. The fraction of sp³-hybridized carbons (Fsp3) is 0.857. The molecule has 7 nitrogen and oxygen atoms in total. The molecule has 1 aromatic rings. The zero-order valence-electron chi connectivity index (χ0n) is 13.4. The minimum Gasteiger partial charge on any atom is -0.378 e. The van der Waals surface area contributed by atoms with E-state index in [2.05, 4.69) is 29.5 Å².